The lowest BCUT2D eigenvalue weighted by Crippen LogP contribution is -2.37. The van der Waals surface area contributed by atoms with Crippen molar-refractivity contribution in [3.63, 3.8) is 0 Å². The van der Waals surface area contributed by atoms with Crippen LogP contribution in [0.3, 0.4) is 0 Å². The average molecular weight is 1220 g/mol. The molecular weight excluding hydrogens is 1090 g/mol. The molecule has 0 bridgehead atoms. The number of phosphoric acid groups is 1. The van der Waals surface area contributed by atoms with E-state index < -0.39 is 26.5 Å². The van der Waals surface area contributed by atoms with Gasteiger partial charge in [0, 0.05) is 12.8 Å². The first-order chi connectivity index (χ1) is 42.0. The van der Waals surface area contributed by atoms with E-state index in [1.165, 1.54) is 103 Å². The molecule has 0 amide bonds. The van der Waals surface area contributed by atoms with Crippen LogP contribution in [0.4, 0.5) is 0 Å². The molecule has 490 valence electrons. The van der Waals surface area contributed by atoms with Gasteiger partial charge in [0.15, 0.2) is 6.10 Å². The van der Waals surface area contributed by atoms with Gasteiger partial charge in [-0.2, -0.15) is 0 Å². The number of nitrogens with zero attached hydrogens (tertiary/aromatic N) is 1. The molecule has 0 saturated carbocycles. The molecule has 86 heavy (non-hydrogen) atoms. The standard InChI is InChI=1S/C76H128NO8P/c1-6-8-10-12-14-16-18-20-22-24-26-28-30-32-34-36-38-40-42-44-46-48-50-52-54-56-58-60-62-64-66-68-75(78)82-72-74(73-84-86(80,81)83-71-70-77(3,4)5)85-76(79)69-67-65-63-61-59-57-55-53-51-49-47-45-43-41-39-37-35-33-31-29-27-25-23-21-19-17-15-13-11-9-7-2/h8-11,14-17,20-23,26-29,33,35,39,41,45,47,51,53,74H,6-7,12-13,18-19,24-25,30-32,34,36-38,40,42-44,46,48-50,52,54-73H2,1-5H3/p+1/b10-8-,11-9-,16-14-,17-15-,22-20-,23-21-,28-26-,29-27-,35-33-,41-39-,47-45-,53-51-. The Labute approximate surface area is 529 Å². The van der Waals surface area contributed by atoms with Crippen LogP contribution in [0.1, 0.15) is 271 Å². The predicted molar refractivity (Wildman–Crippen MR) is 371 cm³/mol. The SMILES string of the molecule is CC/C=C\C/C=C\C/C=C\C/C=C\C/C=C\C/C=C\C/C=C\C/C=C\CCCCCCCCC(=O)OC(COC(=O)CCCCCCCCCCCCCCCCCCCC/C=C\C/C=C\C/C=C\C/C=C\CC)COP(=O)(O)OCC[N+](C)(C)C. The van der Waals surface area contributed by atoms with E-state index in [4.69, 9.17) is 18.5 Å². The summed E-state index contributed by atoms with van der Waals surface area (Å²) >= 11 is 0. The molecule has 0 aromatic carbocycles. The lowest BCUT2D eigenvalue weighted by Gasteiger charge is -2.24. The van der Waals surface area contributed by atoms with Gasteiger partial charge >= 0.3 is 19.8 Å². The number of carbonyl (C=O) groups excluding carboxylic acids is 2. The molecule has 0 aliphatic heterocycles. The molecule has 0 spiro atoms. The van der Waals surface area contributed by atoms with Crippen molar-refractivity contribution in [1.82, 2.24) is 0 Å². The number of hydrogen-bond acceptors (Lipinski definition) is 7. The van der Waals surface area contributed by atoms with Crippen molar-refractivity contribution in [2.45, 2.75) is 277 Å². The topological polar surface area (TPSA) is 108 Å². The maximum atomic E-state index is 12.9. The van der Waals surface area contributed by atoms with Crippen LogP contribution in [-0.4, -0.2) is 74.9 Å². The second-order valence-electron chi connectivity index (χ2n) is 23.8. The molecule has 2 unspecified atom stereocenters. The smallest absolute Gasteiger partial charge is 0.462 e. The Morgan fingerprint density at radius 1 is 0.360 bits per heavy atom. The predicted octanol–water partition coefficient (Wildman–Crippen LogP) is 22.6. The van der Waals surface area contributed by atoms with Gasteiger partial charge in [-0.15, -0.1) is 0 Å². The summed E-state index contributed by atoms with van der Waals surface area (Å²) in [6.07, 6.45) is 96.6. The van der Waals surface area contributed by atoms with Crippen LogP contribution in [0.2, 0.25) is 0 Å². The minimum atomic E-state index is -4.41. The molecule has 0 saturated heterocycles. The van der Waals surface area contributed by atoms with E-state index >= 15 is 0 Å². The zero-order chi connectivity index (χ0) is 62.6. The van der Waals surface area contributed by atoms with Crippen LogP contribution in [0, 0.1) is 0 Å². The van der Waals surface area contributed by atoms with Crippen LogP contribution in [0.5, 0.6) is 0 Å². The zero-order valence-electron chi connectivity index (χ0n) is 55.7. The van der Waals surface area contributed by atoms with Gasteiger partial charge in [-0.1, -0.05) is 288 Å². The molecule has 9 nitrogen and oxygen atoms in total. The molecular formula is C76H129NO8P+. The number of allylic oxidation sites excluding steroid dienone is 24. The minimum absolute atomic E-state index is 0.0220. The quantitative estimate of drug-likeness (QED) is 0.0211. The summed E-state index contributed by atoms with van der Waals surface area (Å²) in [5.74, 6) is -0.816. The van der Waals surface area contributed by atoms with Crippen molar-refractivity contribution in [3.05, 3.63) is 146 Å². The second-order valence-corrected chi connectivity index (χ2v) is 25.3. The van der Waals surface area contributed by atoms with Gasteiger partial charge in [0.25, 0.3) is 0 Å². The van der Waals surface area contributed by atoms with Crippen LogP contribution in [-0.2, 0) is 32.7 Å². The molecule has 0 heterocycles. The van der Waals surface area contributed by atoms with Crippen molar-refractivity contribution in [3.8, 4) is 0 Å². The van der Waals surface area contributed by atoms with Crippen molar-refractivity contribution in [1.29, 1.82) is 0 Å². The Morgan fingerprint density at radius 2 is 0.628 bits per heavy atom. The Balaban J connectivity index is 4.12. The highest BCUT2D eigenvalue weighted by Crippen LogP contribution is 2.43. The van der Waals surface area contributed by atoms with E-state index in [0.717, 1.165) is 135 Å². The van der Waals surface area contributed by atoms with Crippen molar-refractivity contribution in [2.75, 3.05) is 47.5 Å². The Hall–Kier alpha value is -4.11. The zero-order valence-corrected chi connectivity index (χ0v) is 56.6. The summed E-state index contributed by atoms with van der Waals surface area (Å²) in [6, 6.07) is 0. The van der Waals surface area contributed by atoms with Gasteiger partial charge in [-0.25, -0.2) is 4.57 Å². The van der Waals surface area contributed by atoms with Gasteiger partial charge in [0.05, 0.1) is 27.7 Å². The fourth-order valence-corrected chi connectivity index (χ4v) is 9.88. The third-order valence-electron chi connectivity index (χ3n) is 14.4. The maximum absolute atomic E-state index is 12.9. The number of esters is 2. The fraction of sp³-hybridized carbons (Fsp3) is 0.658. The van der Waals surface area contributed by atoms with Crippen molar-refractivity contribution in [2.24, 2.45) is 0 Å². The molecule has 0 radical (unpaired) electrons. The summed E-state index contributed by atoms with van der Waals surface area (Å²) in [5, 5.41) is 0. The molecule has 0 aliphatic rings. The third kappa shape index (κ3) is 69.0. The first-order valence-corrected chi connectivity index (χ1v) is 36.1. The van der Waals surface area contributed by atoms with E-state index in [9.17, 15) is 19.0 Å². The third-order valence-corrected chi connectivity index (χ3v) is 15.3. The van der Waals surface area contributed by atoms with E-state index in [2.05, 4.69) is 160 Å². The normalized spacial score (nSPS) is 14.1. The van der Waals surface area contributed by atoms with Gasteiger partial charge in [-0.05, 0) is 116 Å². The van der Waals surface area contributed by atoms with Crippen LogP contribution >= 0.6 is 7.82 Å². The van der Waals surface area contributed by atoms with Crippen LogP contribution in [0.15, 0.2) is 146 Å². The largest absolute Gasteiger partial charge is 0.472 e. The molecule has 0 aromatic heterocycles. The van der Waals surface area contributed by atoms with Crippen LogP contribution in [0.25, 0.3) is 0 Å². The summed E-state index contributed by atoms with van der Waals surface area (Å²) in [6.45, 7) is 4.19. The molecule has 0 rings (SSSR count). The monoisotopic (exact) mass is 1210 g/mol. The van der Waals surface area contributed by atoms with Gasteiger partial charge in [0.2, 0.25) is 0 Å². The Kier molecular flexibility index (Phi) is 62.2. The molecule has 0 fully saturated rings. The first-order valence-electron chi connectivity index (χ1n) is 34.6. The lowest BCUT2D eigenvalue weighted by atomic mass is 10.0. The highest BCUT2D eigenvalue weighted by molar-refractivity contribution is 7.47. The average Bonchev–Trinajstić information content (AvgIpc) is 3.56. The van der Waals surface area contributed by atoms with Crippen LogP contribution < -0.4 is 0 Å². The number of likely N-dealkylation sites (N-methyl/N-ethyl adjacent to an activating group) is 1. The maximum Gasteiger partial charge on any atom is 0.472 e. The lowest BCUT2D eigenvalue weighted by molar-refractivity contribution is -0.870. The molecule has 2 atom stereocenters. The second kappa shape index (κ2) is 65.3. The van der Waals surface area contributed by atoms with Crippen molar-refractivity contribution >= 4 is 19.8 Å². The number of quaternary nitrogens is 1. The van der Waals surface area contributed by atoms with E-state index in [0.29, 0.717) is 17.4 Å². The summed E-state index contributed by atoms with van der Waals surface area (Å²) in [5.41, 5.74) is 0. The van der Waals surface area contributed by atoms with E-state index in [1.807, 2.05) is 21.1 Å². The fourth-order valence-electron chi connectivity index (χ4n) is 9.14. The Bertz CT molecular complexity index is 1960. The number of ether oxygens (including phenoxy) is 2. The molecule has 0 aliphatic carbocycles. The number of hydrogen-bond donors (Lipinski definition) is 1. The number of phosphoric ester groups is 1. The highest BCUT2D eigenvalue weighted by atomic mass is 31.2. The van der Waals surface area contributed by atoms with Gasteiger partial charge in [-0.3, -0.25) is 18.6 Å². The van der Waals surface area contributed by atoms with Crippen molar-refractivity contribution < 1.29 is 42.1 Å². The van der Waals surface area contributed by atoms with Gasteiger partial charge < -0.3 is 18.9 Å². The molecule has 0 aromatic rings. The Morgan fingerprint density at radius 3 is 0.930 bits per heavy atom. The number of unbranched alkanes of at least 4 members (excludes halogenated alkanes) is 24. The summed E-state index contributed by atoms with van der Waals surface area (Å²) in [4.78, 5) is 35.9. The molecule has 10 heteroatoms. The van der Waals surface area contributed by atoms with E-state index in [1.54, 1.807) is 0 Å². The molecule has 1 N–H and O–H groups in total. The summed E-state index contributed by atoms with van der Waals surface area (Å²) in [7, 11) is 1.45. The minimum Gasteiger partial charge on any atom is -0.462 e. The van der Waals surface area contributed by atoms with Gasteiger partial charge in [0.1, 0.15) is 19.8 Å². The van der Waals surface area contributed by atoms with E-state index in [-0.39, 0.29) is 32.0 Å². The number of carbonyl (C=O) groups is 2. The summed E-state index contributed by atoms with van der Waals surface area (Å²) < 4.78 is 34.7. The number of rotatable bonds is 62. The first kappa shape index (κ1) is 81.9. The highest BCUT2D eigenvalue weighted by Gasteiger charge is 2.27.